The molecule has 1 aromatic rings. The van der Waals surface area contributed by atoms with Gasteiger partial charge in [-0.25, -0.2) is 0 Å². The molecule has 0 radical (unpaired) electrons. The third kappa shape index (κ3) is 6.37. The van der Waals surface area contributed by atoms with Crippen molar-refractivity contribution in [1.29, 1.82) is 0 Å². The monoisotopic (exact) mass is 300 g/mol. The minimum atomic E-state index is -0.482. The van der Waals surface area contributed by atoms with Gasteiger partial charge in [0.1, 0.15) is 0 Å². The van der Waals surface area contributed by atoms with Gasteiger partial charge in [0, 0.05) is 19.7 Å². The van der Waals surface area contributed by atoms with Crippen LogP contribution in [0.3, 0.4) is 0 Å². The number of nitrogens with two attached hydrogens (primary N) is 1. The quantitative estimate of drug-likeness (QED) is 0.746. The topological polar surface area (TPSA) is 55.6 Å². The van der Waals surface area contributed by atoms with Crippen LogP contribution in [-0.2, 0) is 16.0 Å². The lowest BCUT2D eigenvalue weighted by atomic mass is 10.1. The fourth-order valence-electron chi connectivity index (χ4n) is 1.93. The summed E-state index contributed by atoms with van der Waals surface area (Å²) in [6, 6.07) is 9.37. The Kier molecular flexibility index (Phi) is 10.1. The Morgan fingerprint density at radius 3 is 2.50 bits per heavy atom. The highest BCUT2D eigenvalue weighted by molar-refractivity contribution is 5.85. The average molecular weight is 301 g/mol. The van der Waals surface area contributed by atoms with Gasteiger partial charge in [-0.15, -0.1) is 12.4 Å². The summed E-state index contributed by atoms with van der Waals surface area (Å²) in [7, 11) is 0. The number of carbonyl (C=O) groups excluding carboxylic acids is 1. The van der Waals surface area contributed by atoms with E-state index in [0.29, 0.717) is 32.7 Å². The largest absolute Gasteiger partial charge is 0.380 e. The molecule has 0 aliphatic rings. The molecule has 114 valence electrons. The Hall–Kier alpha value is -1.10. The van der Waals surface area contributed by atoms with E-state index in [1.807, 2.05) is 44.2 Å². The molecule has 0 saturated carbocycles. The highest BCUT2D eigenvalue weighted by atomic mass is 35.5. The molecule has 1 rings (SSSR count). The number of carbonyl (C=O) groups is 1. The zero-order valence-electron chi connectivity index (χ0n) is 12.2. The molecule has 0 unspecified atom stereocenters. The lowest BCUT2D eigenvalue weighted by Crippen LogP contribution is -2.46. The maximum absolute atomic E-state index is 12.2. The normalized spacial score (nSPS) is 11.6. The zero-order chi connectivity index (χ0) is 14.1. The van der Waals surface area contributed by atoms with Gasteiger partial charge < -0.3 is 15.4 Å². The number of hydrogen-bond acceptors (Lipinski definition) is 3. The first-order valence-corrected chi connectivity index (χ1v) is 6.85. The van der Waals surface area contributed by atoms with Crippen molar-refractivity contribution in [3.8, 4) is 0 Å². The Balaban J connectivity index is 0.00000361. The van der Waals surface area contributed by atoms with Crippen molar-refractivity contribution in [3.05, 3.63) is 35.9 Å². The van der Waals surface area contributed by atoms with Crippen molar-refractivity contribution in [2.75, 3.05) is 26.3 Å². The molecule has 0 aliphatic carbocycles. The maximum atomic E-state index is 12.2. The second-order valence-electron chi connectivity index (χ2n) is 4.41. The van der Waals surface area contributed by atoms with Crippen molar-refractivity contribution in [3.63, 3.8) is 0 Å². The smallest absolute Gasteiger partial charge is 0.239 e. The van der Waals surface area contributed by atoms with E-state index in [0.717, 1.165) is 5.56 Å². The Bertz CT molecular complexity index is 373. The minimum Gasteiger partial charge on any atom is -0.380 e. The van der Waals surface area contributed by atoms with Gasteiger partial charge in [0.05, 0.1) is 12.6 Å². The van der Waals surface area contributed by atoms with Gasteiger partial charge in [-0.1, -0.05) is 30.3 Å². The van der Waals surface area contributed by atoms with E-state index in [4.69, 9.17) is 10.5 Å². The Morgan fingerprint density at radius 2 is 1.95 bits per heavy atom. The predicted octanol–water partition coefficient (Wildman–Crippen LogP) is 1.86. The molecule has 0 spiro atoms. The second-order valence-corrected chi connectivity index (χ2v) is 4.41. The second kappa shape index (κ2) is 10.7. The van der Waals surface area contributed by atoms with Crippen LogP contribution in [0.4, 0.5) is 0 Å². The van der Waals surface area contributed by atoms with Gasteiger partial charge in [-0.05, 0) is 25.8 Å². The Labute approximate surface area is 127 Å². The molecule has 4 nitrogen and oxygen atoms in total. The fraction of sp³-hybridized carbons (Fsp3) is 0.533. The third-order valence-electron chi connectivity index (χ3n) is 3.02. The number of benzene rings is 1. The van der Waals surface area contributed by atoms with Crippen LogP contribution in [-0.4, -0.2) is 43.2 Å². The van der Waals surface area contributed by atoms with Crippen LogP contribution in [0.5, 0.6) is 0 Å². The number of rotatable bonds is 8. The van der Waals surface area contributed by atoms with E-state index in [9.17, 15) is 4.79 Å². The summed E-state index contributed by atoms with van der Waals surface area (Å²) in [5.74, 6) is -0.00828. The third-order valence-corrected chi connectivity index (χ3v) is 3.02. The first kappa shape index (κ1) is 18.9. The van der Waals surface area contributed by atoms with Gasteiger partial charge >= 0.3 is 0 Å². The summed E-state index contributed by atoms with van der Waals surface area (Å²) in [4.78, 5) is 14.0. The number of amides is 1. The number of ether oxygens (including phenoxy) is 1. The molecule has 5 heteroatoms. The molecule has 0 aliphatic heterocycles. The summed E-state index contributed by atoms with van der Waals surface area (Å²) >= 11 is 0. The molecule has 0 bridgehead atoms. The SMILES string of the molecule is CCOCCN(CC)C(=O)[C@@H](N)Cc1ccccc1.Cl. The molecule has 1 aromatic carbocycles. The lowest BCUT2D eigenvalue weighted by molar-refractivity contribution is -0.133. The summed E-state index contributed by atoms with van der Waals surface area (Å²) in [5, 5.41) is 0. The number of hydrogen-bond donors (Lipinski definition) is 1. The molecule has 20 heavy (non-hydrogen) atoms. The first-order valence-electron chi connectivity index (χ1n) is 6.85. The summed E-state index contributed by atoms with van der Waals surface area (Å²) < 4.78 is 5.28. The average Bonchev–Trinajstić information content (AvgIpc) is 2.44. The fourth-order valence-corrected chi connectivity index (χ4v) is 1.93. The Morgan fingerprint density at radius 1 is 1.30 bits per heavy atom. The minimum absolute atomic E-state index is 0. The number of nitrogens with zero attached hydrogens (tertiary/aromatic N) is 1. The molecule has 1 amide bonds. The molecular weight excluding hydrogens is 276 g/mol. The number of likely N-dealkylation sites (N-methyl/N-ethyl adjacent to an activating group) is 1. The van der Waals surface area contributed by atoms with Crippen molar-refractivity contribution in [1.82, 2.24) is 4.90 Å². The van der Waals surface area contributed by atoms with Crippen molar-refractivity contribution < 1.29 is 9.53 Å². The molecular formula is C15H25ClN2O2. The maximum Gasteiger partial charge on any atom is 0.239 e. The molecule has 0 aromatic heterocycles. The molecule has 0 heterocycles. The van der Waals surface area contributed by atoms with Crippen LogP contribution in [0.25, 0.3) is 0 Å². The van der Waals surface area contributed by atoms with Crippen LogP contribution >= 0.6 is 12.4 Å². The van der Waals surface area contributed by atoms with E-state index in [-0.39, 0.29) is 18.3 Å². The molecule has 1 atom stereocenters. The van der Waals surface area contributed by atoms with Crippen LogP contribution < -0.4 is 5.73 Å². The summed E-state index contributed by atoms with van der Waals surface area (Å²) in [6.07, 6.45) is 0.574. The van der Waals surface area contributed by atoms with E-state index in [1.165, 1.54) is 0 Å². The van der Waals surface area contributed by atoms with E-state index < -0.39 is 6.04 Å². The highest BCUT2D eigenvalue weighted by Gasteiger charge is 2.19. The van der Waals surface area contributed by atoms with Crippen LogP contribution in [0.15, 0.2) is 30.3 Å². The van der Waals surface area contributed by atoms with Crippen molar-refractivity contribution in [2.45, 2.75) is 26.3 Å². The highest BCUT2D eigenvalue weighted by Crippen LogP contribution is 2.04. The zero-order valence-corrected chi connectivity index (χ0v) is 13.1. The first-order chi connectivity index (χ1) is 9.19. The van der Waals surface area contributed by atoms with Crippen molar-refractivity contribution >= 4 is 18.3 Å². The molecule has 0 fully saturated rings. The van der Waals surface area contributed by atoms with Crippen LogP contribution in [0.2, 0.25) is 0 Å². The molecule has 2 N–H and O–H groups in total. The van der Waals surface area contributed by atoms with E-state index in [1.54, 1.807) is 4.90 Å². The van der Waals surface area contributed by atoms with Crippen LogP contribution in [0.1, 0.15) is 19.4 Å². The van der Waals surface area contributed by atoms with Crippen LogP contribution in [0, 0.1) is 0 Å². The standard InChI is InChI=1S/C15H24N2O2.ClH/c1-3-17(10-11-19-4-2)15(18)14(16)12-13-8-6-5-7-9-13;/h5-9,14H,3-4,10-12,16H2,1-2H3;1H/t14-;/m0./s1. The summed E-state index contributed by atoms with van der Waals surface area (Å²) in [6.45, 7) is 6.40. The van der Waals surface area contributed by atoms with E-state index >= 15 is 0 Å². The van der Waals surface area contributed by atoms with Gasteiger partial charge in [0.25, 0.3) is 0 Å². The van der Waals surface area contributed by atoms with Gasteiger partial charge in [0.2, 0.25) is 5.91 Å². The predicted molar refractivity (Wildman–Crippen MR) is 84.1 cm³/mol. The summed E-state index contributed by atoms with van der Waals surface area (Å²) in [5.41, 5.74) is 7.09. The number of halogens is 1. The van der Waals surface area contributed by atoms with Crippen molar-refractivity contribution in [2.24, 2.45) is 5.73 Å². The van der Waals surface area contributed by atoms with Gasteiger partial charge in [-0.2, -0.15) is 0 Å². The lowest BCUT2D eigenvalue weighted by Gasteiger charge is -2.24. The van der Waals surface area contributed by atoms with Gasteiger partial charge in [0.15, 0.2) is 0 Å². The molecule has 0 saturated heterocycles. The van der Waals surface area contributed by atoms with E-state index in [2.05, 4.69) is 0 Å². The van der Waals surface area contributed by atoms with Gasteiger partial charge in [-0.3, -0.25) is 4.79 Å².